The Hall–Kier alpha value is -4.73. The highest BCUT2D eigenvalue weighted by Gasteiger charge is 2.45. The van der Waals surface area contributed by atoms with Gasteiger partial charge in [0.15, 0.2) is 11.5 Å². The molecule has 1 unspecified atom stereocenters. The first-order valence-corrected chi connectivity index (χ1v) is 12.6. The topological polar surface area (TPSA) is 115 Å². The van der Waals surface area contributed by atoms with Crippen LogP contribution in [0.5, 0.6) is 5.75 Å². The van der Waals surface area contributed by atoms with E-state index in [-0.39, 0.29) is 54.6 Å². The van der Waals surface area contributed by atoms with Gasteiger partial charge in [-0.1, -0.05) is 42.5 Å². The second-order valence-corrected chi connectivity index (χ2v) is 9.43. The van der Waals surface area contributed by atoms with Gasteiger partial charge in [-0.3, -0.25) is 9.78 Å². The van der Waals surface area contributed by atoms with E-state index in [1.54, 1.807) is 19.1 Å². The third-order valence-corrected chi connectivity index (χ3v) is 6.42. The first-order valence-electron chi connectivity index (χ1n) is 12.6. The number of benzene rings is 2. The van der Waals surface area contributed by atoms with Crippen LogP contribution in [0.1, 0.15) is 43.2 Å². The van der Waals surface area contributed by atoms with E-state index < -0.39 is 23.4 Å². The van der Waals surface area contributed by atoms with Crippen molar-refractivity contribution in [2.24, 2.45) is 0 Å². The number of fused-ring (bicyclic) bond motifs is 1. The fourth-order valence-corrected chi connectivity index (χ4v) is 4.30. The molecule has 10 heteroatoms. The Bertz CT molecular complexity index is 1440. The molecule has 2 aromatic carbocycles. The highest BCUT2D eigenvalue weighted by molar-refractivity contribution is 5.99. The molecule has 0 bridgehead atoms. The van der Waals surface area contributed by atoms with Crippen molar-refractivity contribution in [1.29, 1.82) is 0 Å². The molecular formula is C30H29FN2O7. The summed E-state index contributed by atoms with van der Waals surface area (Å²) in [6.45, 7) is 4.45. The fourth-order valence-electron chi connectivity index (χ4n) is 4.30. The third-order valence-electron chi connectivity index (χ3n) is 6.42. The highest BCUT2D eigenvalue weighted by Crippen LogP contribution is 2.44. The van der Waals surface area contributed by atoms with Crippen molar-refractivity contribution < 1.29 is 38.1 Å². The van der Waals surface area contributed by atoms with Crippen LogP contribution >= 0.6 is 0 Å². The van der Waals surface area contributed by atoms with E-state index >= 15 is 0 Å². The van der Waals surface area contributed by atoms with Crippen molar-refractivity contribution in [2.45, 2.75) is 39.4 Å². The predicted molar refractivity (Wildman–Crippen MR) is 144 cm³/mol. The van der Waals surface area contributed by atoms with Crippen molar-refractivity contribution in [3.63, 3.8) is 0 Å². The number of carbonyl (C=O) groups is 3. The Balaban J connectivity index is 1.90. The van der Waals surface area contributed by atoms with Crippen LogP contribution in [0.2, 0.25) is 0 Å². The molecule has 1 atom stereocenters. The van der Waals surface area contributed by atoms with E-state index in [2.05, 4.69) is 4.98 Å². The van der Waals surface area contributed by atoms with E-state index in [4.69, 9.17) is 14.2 Å². The standard InChI is InChI=1S/C30H29FN2O7/c1-4-38-28(35)19(2)26(39-16-21-8-6-5-7-9-21)24-25-27(40-30(3,29(36)37)17-33(25)18-34)22(15-32-24)14-20-10-12-23(31)13-11-20/h5-13,15,18H,4,14,16-17H2,1-3H3,(H,36,37). The van der Waals surface area contributed by atoms with E-state index in [0.29, 0.717) is 17.5 Å². The fraction of sp³-hybridized carbons (Fsp3) is 0.267. The number of carboxylic acid groups (broad SMARTS) is 1. The summed E-state index contributed by atoms with van der Waals surface area (Å²) in [5, 5.41) is 9.94. The second-order valence-electron chi connectivity index (χ2n) is 9.43. The maximum absolute atomic E-state index is 13.5. The van der Waals surface area contributed by atoms with Gasteiger partial charge in [0.05, 0.1) is 18.7 Å². The zero-order valence-corrected chi connectivity index (χ0v) is 22.3. The van der Waals surface area contributed by atoms with Crippen molar-refractivity contribution in [1.82, 2.24) is 4.98 Å². The van der Waals surface area contributed by atoms with Gasteiger partial charge >= 0.3 is 11.9 Å². The summed E-state index contributed by atoms with van der Waals surface area (Å²) in [4.78, 5) is 43.1. The lowest BCUT2D eigenvalue weighted by molar-refractivity contribution is -0.153. The monoisotopic (exact) mass is 548 g/mol. The van der Waals surface area contributed by atoms with Gasteiger partial charge in [-0.15, -0.1) is 0 Å². The number of hydrogen-bond acceptors (Lipinski definition) is 7. The molecule has 1 N–H and O–H groups in total. The number of aromatic nitrogens is 1. The SMILES string of the molecule is CCOC(=O)C(C)=C(OCc1ccccc1)c1ncc(Cc2ccc(F)cc2)c2c1N(C=O)CC(C)(C(=O)O)O2. The number of anilines is 1. The van der Waals surface area contributed by atoms with Crippen LogP contribution in [0.25, 0.3) is 5.76 Å². The van der Waals surface area contributed by atoms with Crippen molar-refractivity contribution >= 4 is 29.8 Å². The van der Waals surface area contributed by atoms with Crippen LogP contribution in [0.3, 0.4) is 0 Å². The smallest absolute Gasteiger partial charge is 0.349 e. The molecule has 3 aromatic rings. The lowest BCUT2D eigenvalue weighted by Gasteiger charge is -2.39. The average Bonchev–Trinajstić information content (AvgIpc) is 2.95. The molecule has 208 valence electrons. The number of amides is 1. The molecule has 1 aromatic heterocycles. The third kappa shape index (κ3) is 5.96. The molecule has 0 fully saturated rings. The molecule has 0 spiro atoms. The highest BCUT2D eigenvalue weighted by atomic mass is 19.1. The number of esters is 1. The number of aliphatic carboxylic acids is 1. The minimum atomic E-state index is -1.77. The summed E-state index contributed by atoms with van der Waals surface area (Å²) in [6, 6.07) is 15.1. The number of ether oxygens (including phenoxy) is 3. The zero-order valence-electron chi connectivity index (χ0n) is 22.3. The number of nitrogens with zero attached hydrogens (tertiary/aromatic N) is 2. The molecule has 0 saturated carbocycles. The summed E-state index contributed by atoms with van der Waals surface area (Å²) < 4.78 is 30.9. The number of carboxylic acids is 1. The van der Waals surface area contributed by atoms with Gasteiger partial charge in [0.2, 0.25) is 12.0 Å². The number of hydrogen-bond donors (Lipinski definition) is 1. The summed E-state index contributed by atoms with van der Waals surface area (Å²) in [5.41, 5.74) is 0.589. The van der Waals surface area contributed by atoms with Crippen molar-refractivity contribution in [3.8, 4) is 5.75 Å². The maximum atomic E-state index is 13.5. The van der Waals surface area contributed by atoms with Crippen molar-refractivity contribution in [3.05, 3.63) is 94.6 Å². The Morgan fingerprint density at radius 1 is 1.12 bits per heavy atom. The normalized spacial score (nSPS) is 16.8. The maximum Gasteiger partial charge on any atom is 0.349 e. The molecule has 9 nitrogen and oxygen atoms in total. The molecule has 1 aliphatic heterocycles. The molecule has 0 saturated heterocycles. The Labute approximate surface area is 230 Å². The summed E-state index contributed by atoms with van der Waals surface area (Å²) in [6.07, 6.45) is 2.17. The summed E-state index contributed by atoms with van der Waals surface area (Å²) in [5.74, 6) is -2.16. The molecule has 4 rings (SSSR count). The van der Waals surface area contributed by atoms with E-state index in [1.165, 1.54) is 37.1 Å². The van der Waals surface area contributed by atoms with Crippen LogP contribution in [0.4, 0.5) is 10.1 Å². The molecule has 1 aliphatic rings. The molecule has 1 amide bonds. The van der Waals surface area contributed by atoms with Crippen LogP contribution in [-0.4, -0.2) is 47.2 Å². The van der Waals surface area contributed by atoms with Crippen LogP contribution in [-0.2, 0) is 36.9 Å². The molecular weight excluding hydrogens is 519 g/mol. The van der Waals surface area contributed by atoms with Crippen LogP contribution in [0, 0.1) is 5.82 Å². The quantitative estimate of drug-likeness (QED) is 0.170. The van der Waals surface area contributed by atoms with Gasteiger partial charge in [-0.2, -0.15) is 0 Å². The second kappa shape index (κ2) is 12.0. The van der Waals surface area contributed by atoms with E-state index in [1.807, 2.05) is 30.3 Å². The van der Waals surface area contributed by atoms with Crippen molar-refractivity contribution in [2.75, 3.05) is 18.1 Å². The van der Waals surface area contributed by atoms with Gasteiger partial charge in [-0.25, -0.2) is 14.0 Å². The first-order chi connectivity index (χ1) is 19.2. The molecule has 0 aliphatic carbocycles. The Kier molecular flexibility index (Phi) is 8.47. The predicted octanol–water partition coefficient (Wildman–Crippen LogP) is 4.52. The average molecular weight is 549 g/mol. The number of carbonyl (C=O) groups excluding carboxylic acids is 2. The van der Waals surface area contributed by atoms with E-state index in [9.17, 15) is 23.9 Å². The van der Waals surface area contributed by atoms with Gasteiger partial charge in [0, 0.05) is 18.2 Å². The molecule has 2 heterocycles. The zero-order chi connectivity index (χ0) is 28.9. The van der Waals surface area contributed by atoms with Gasteiger partial charge < -0.3 is 24.2 Å². The van der Waals surface area contributed by atoms with Gasteiger partial charge in [0.25, 0.3) is 0 Å². The van der Waals surface area contributed by atoms with E-state index in [0.717, 1.165) is 5.56 Å². The van der Waals surface area contributed by atoms with Gasteiger partial charge in [-0.05, 0) is 44.0 Å². The number of pyridine rings is 1. The minimum absolute atomic E-state index is 0.0567. The number of rotatable bonds is 10. The summed E-state index contributed by atoms with van der Waals surface area (Å²) >= 11 is 0. The lowest BCUT2D eigenvalue weighted by Crippen LogP contribution is -2.54. The summed E-state index contributed by atoms with van der Waals surface area (Å²) in [7, 11) is 0. The largest absolute Gasteiger partial charge is 0.486 e. The van der Waals surface area contributed by atoms with Gasteiger partial charge in [0.1, 0.15) is 23.8 Å². The Morgan fingerprint density at radius 2 is 1.82 bits per heavy atom. The lowest BCUT2D eigenvalue weighted by atomic mass is 9.98. The molecule has 0 radical (unpaired) electrons. The molecule has 40 heavy (non-hydrogen) atoms. The van der Waals surface area contributed by atoms with Crippen LogP contribution in [0.15, 0.2) is 66.4 Å². The van der Waals surface area contributed by atoms with Crippen LogP contribution < -0.4 is 9.64 Å². The Morgan fingerprint density at radius 3 is 2.45 bits per heavy atom. The minimum Gasteiger partial charge on any atom is -0.486 e. The first kappa shape index (κ1) is 28.3. The number of halogens is 1.